The molecule has 4 nitrogen and oxygen atoms in total. The van der Waals surface area contributed by atoms with Gasteiger partial charge in [0.15, 0.2) is 0 Å². The molecular weight excluding hydrogens is 292 g/mol. The monoisotopic (exact) mass is 312 g/mol. The Balaban J connectivity index is 2.09. The molecule has 1 atom stereocenters. The number of carbonyl (C=O) groups excluding carboxylic acids is 1. The van der Waals surface area contributed by atoms with Gasteiger partial charge in [-0.3, -0.25) is 4.79 Å². The summed E-state index contributed by atoms with van der Waals surface area (Å²) in [6.45, 7) is 1.77. The molecule has 0 amide bonds. The van der Waals surface area contributed by atoms with Crippen molar-refractivity contribution in [2.24, 2.45) is 0 Å². The van der Waals surface area contributed by atoms with Crippen molar-refractivity contribution in [3.8, 4) is 11.5 Å². The van der Waals surface area contributed by atoms with Crippen LogP contribution in [0.25, 0.3) is 6.08 Å². The molecule has 0 bridgehead atoms. The second-order valence-corrected chi connectivity index (χ2v) is 4.98. The van der Waals surface area contributed by atoms with E-state index in [1.807, 2.05) is 30.3 Å². The van der Waals surface area contributed by atoms with Gasteiger partial charge in [0.25, 0.3) is 0 Å². The van der Waals surface area contributed by atoms with Crippen LogP contribution in [0.4, 0.5) is 0 Å². The van der Waals surface area contributed by atoms with Crippen molar-refractivity contribution in [1.82, 2.24) is 0 Å². The highest BCUT2D eigenvalue weighted by molar-refractivity contribution is 5.79. The summed E-state index contributed by atoms with van der Waals surface area (Å²) in [6.07, 6.45) is 3.15. The van der Waals surface area contributed by atoms with E-state index in [1.165, 1.54) is 6.26 Å². The molecule has 2 rings (SSSR count). The Bertz CT molecular complexity index is 677. The fourth-order valence-corrected chi connectivity index (χ4v) is 2.15. The third-order valence-corrected chi connectivity index (χ3v) is 3.50. The lowest BCUT2D eigenvalue weighted by molar-refractivity contribution is -0.139. The van der Waals surface area contributed by atoms with Gasteiger partial charge in [0.1, 0.15) is 11.5 Å². The number of benzene rings is 2. The summed E-state index contributed by atoms with van der Waals surface area (Å²) in [5.41, 5.74) is 1.69. The summed E-state index contributed by atoms with van der Waals surface area (Å²) >= 11 is 0. The van der Waals surface area contributed by atoms with Crippen LogP contribution in [0.15, 0.2) is 54.8 Å². The molecule has 0 saturated carbocycles. The molecule has 0 radical (unpaired) electrons. The second-order valence-electron chi connectivity index (χ2n) is 4.98. The molecule has 0 fully saturated rings. The van der Waals surface area contributed by atoms with E-state index in [-0.39, 0.29) is 5.97 Å². The minimum absolute atomic E-state index is 0.358. The van der Waals surface area contributed by atoms with Gasteiger partial charge in [0, 0.05) is 5.56 Å². The van der Waals surface area contributed by atoms with Gasteiger partial charge in [-0.25, -0.2) is 0 Å². The summed E-state index contributed by atoms with van der Waals surface area (Å²) < 4.78 is 15.7. The Hall–Kier alpha value is -2.75. The Morgan fingerprint density at radius 2 is 1.78 bits per heavy atom. The number of hydrogen-bond donors (Lipinski definition) is 0. The van der Waals surface area contributed by atoms with Crippen molar-refractivity contribution in [3.05, 3.63) is 65.9 Å². The van der Waals surface area contributed by atoms with E-state index in [0.717, 1.165) is 11.1 Å². The third kappa shape index (κ3) is 4.36. The molecule has 0 aromatic heterocycles. The highest BCUT2D eigenvalue weighted by Crippen LogP contribution is 2.31. The predicted octanol–water partition coefficient (Wildman–Crippen LogP) is 4.02. The van der Waals surface area contributed by atoms with E-state index in [1.54, 1.807) is 45.4 Å². The van der Waals surface area contributed by atoms with E-state index in [9.17, 15) is 4.79 Å². The topological polar surface area (TPSA) is 44.8 Å². The Morgan fingerprint density at radius 3 is 2.43 bits per heavy atom. The summed E-state index contributed by atoms with van der Waals surface area (Å²) in [7, 11) is 3.15. The molecule has 0 N–H and O–H groups in total. The van der Waals surface area contributed by atoms with Crippen molar-refractivity contribution in [2.45, 2.75) is 12.8 Å². The highest BCUT2D eigenvalue weighted by Gasteiger charge is 2.21. The SMILES string of the molecule is COc1ccc(OC)c(C(C)C(=O)OC=Cc2ccccc2)c1. The zero-order valence-electron chi connectivity index (χ0n) is 13.5. The smallest absolute Gasteiger partial charge is 0.318 e. The molecule has 0 heterocycles. The normalized spacial score (nSPS) is 12.0. The van der Waals surface area contributed by atoms with Crippen molar-refractivity contribution in [1.29, 1.82) is 0 Å². The van der Waals surface area contributed by atoms with Crippen LogP contribution in [0.3, 0.4) is 0 Å². The van der Waals surface area contributed by atoms with Gasteiger partial charge >= 0.3 is 5.97 Å². The number of rotatable bonds is 6. The molecular formula is C19H20O4. The average Bonchev–Trinajstić information content (AvgIpc) is 2.61. The van der Waals surface area contributed by atoms with E-state index in [2.05, 4.69) is 0 Å². The van der Waals surface area contributed by atoms with Crippen LogP contribution >= 0.6 is 0 Å². The van der Waals surface area contributed by atoms with Crippen LogP contribution in [0, 0.1) is 0 Å². The van der Waals surface area contributed by atoms with Crippen LogP contribution in [-0.4, -0.2) is 20.2 Å². The molecule has 23 heavy (non-hydrogen) atoms. The van der Waals surface area contributed by atoms with Crippen molar-refractivity contribution < 1.29 is 19.0 Å². The van der Waals surface area contributed by atoms with Crippen LogP contribution in [0.2, 0.25) is 0 Å². The summed E-state index contributed by atoms with van der Waals surface area (Å²) in [5, 5.41) is 0. The first-order chi connectivity index (χ1) is 11.2. The molecule has 1 unspecified atom stereocenters. The summed E-state index contributed by atoms with van der Waals surface area (Å²) in [5.74, 6) is 0.465. The zero-order valence-corrected chi connectivity index (χ0v) is 13.5. The maximum Gasteiger partial charge on any atom is 0.318 e. The fourth-order valence-electron chi connectivity index (χ4n) is 2.15. The minimum atomic E-state index is -0.472. The van der Waals surface area contributed by atoms with Gasteiger partial charge < -0.3 is 14.2 Å². The Kier molecular flexibility index (Phi) is 5.80. The molecule has 120 valence electrons. The standard InChI is InChI=1S/C19H20O4/c1-14(17-13-16(21-2)9-10-18(17)22-3)19(20)23-12-11-15-7-5-4-6-8-15/h4-14H,1-3H3. The molecule has 0 spiro atoms. The van der Waals surface area contributed by atoms with Crippen LogP contribution in [-0.2, 0) is 9.53 Å². The number of carbonyl (C=O) groups is 1. The van der Waals surface area contributed by atoms with Gasteiger partial charge in [-0.05, 0) is 36.8 Å². The van der Waals surface area contributed by atoms with Crippen molar-refractivity contribution >= 4 is 12.0 Å². The average molecular weight is 312 g/mol. The number of hydrogen-bond acceptors (Lipinski definition) is 4. The number of methoxy groups -OCH3 is 2. The third-order valence-electron chi connectivity index (χ3n) is 3.50. The lowest BCUT2D eigenvalue weighted by Crippen LogP contribution is -2.11. The van der Waals surface area contributed by atoms with Crippen molar-refractivity contribution in [2.75, 3.05) is 14.2 Å². The van der Waals surface area contributed by atoms with E-state index < -0.39 is 5.92 Å². The van der Waals surface area contributed by atoms with Gasteiger partial charge in [0.05, 0.1) is 26.4 Å². The Morgan fingerprint density at radius 1 is 1.04 bits per heavy atom. The van der Waals surface area contributed by atoms with Gasteiger partial charge in [-0.1, -0.05) is 30.3 Å². The summed E-state index contributed by atoms with van der Waals surface area (Å²) in [6, 6.07) is 15.0. The number of esters is 1. The lowest BCUT2D eigenvalue weighted by Gasteiger charge is -2.15. The zero-order chi connectivity index (χ0) is 16.7. The van der Waals surface area contributed by atoms with E-state index in [4.69, 9.17) is 14.2 Å². The largest absolute Gasteiger partial charge is 0.497 e. The maximum atomic E-state index is 12.2. The Labute approximate surface area is 136 Å². The second kappa shape index (κ2) is 8.03. The molecule has 0 saturated heterocycles. The molecule has 2 aromatic carbocycles. The van der Waals surface area contributed by atoms with Crippen LogP contribution in [0.1, 0.15) is 24.0 Å². The molecule has 0 aliphatic carbocycles. The fraction of sp³-hybridized carbons (Fsp3) is 0.211. The van der Waals surface area contributed by atoms with E-state index >= 15 is 0 Å². The molecule has 4 heteroatoms. The van der Waals surface area contributed by atoms with Crippen LogP contribution in [0.5, 0.6) is 11.5 Å². The highest BCUT2D eigenvalue weighted by atomic mass is 16.5. The lowest BCUT2D eigenvalue weighted by atomic mass is 10.00. The summed E-state index contributed by atoms with van der Waals surface area (Å²) in [4.78, 5) is 12.2. The van der Waals surface area contributed by atoms with Gasteiger partial charge in [-0.15, -0.1) is 0 Å². The van der Waals surface area contributed by atoms with Gasteiger partial charge in [0.2, 0.25) is 0 Å². The first kappa shape index (κ1) is 16.6. The first-order valence-electron chi connectivity index (χ1n) is 7.29. The number of ether oxygens (including phenoxy) is 3. The van der Waals surface area contributed by atoms with Crippen LogP contribution < -0.4 is 9.47 Å². The predicted molar refractivity (Wildman–Crippen MR) is 89.5 cm³/mol. The molecule has 2 aromatic rings. The van der Waals surface area contributed by atoms with Gasteiger partial charge in [-0.2, -0.15) is 0 Å². The first-order valence-corrected chi connectivity index (χ1v) is 7.29. The molecule has 0 aliphatic rings. The quantitative estimate of drug-likeness (QED) is 0.597. The molecule has 0 aliphatic heterocycles. The van der Waals surface area contributed by atoms with Crippen molar-refractivity contribution in [3.63, 3.8) is 0 Å². The minimum Gasteiger partial charge on any atom is -0.497 e. The maximum absolute atomic E-state index is 12.2. The van der Waals surface area contributed by atoms with E-state index in [0.29, 0.717) is 11.5 Å².